The second-order valence-corrected chi connectivity index (χ2v) is 5.94. The summed E-state index contributed by atoms with van der Waals surface area (Å²) >= 11 is 0. The summed E-state index contributed by atoms with van der Waals surface area (Å²) in [5, 5.41) is 2.98. The number of hydrogen-bond acceptors (Lipinski definition) is 2. The molecule has 2 rings (SSSR count). The number of amides is 1. The molecule has 1 aliphatic rings. The summed E-state index contributed by atoms with van der Waals surface area (Å²) in [6.07, 6.45) is 6.48. The molecule has 21 heavy (non-hydrogen) atoms. The highest BCUT2D eigenvalue weighted by Crippen LogP contribution is 2.22. The zero-order valence-corrected chi connectivity index (χ0v) is 13.9. The lowest BCUT2D eigenvalue weighted by molar-refractivity contribution is 0.0942. The van der Waals surface area contributed by atoms with E-state index >= 15 is 0 Å². The summed E-state index contributed by atoms with van der Waals surface area (Å²) in [5.41, 5.74) is 9.44. The van der Waals surface area contributed by atoms with Gasteiger partial charge in [0.05, 0.1) is 0 Å². The Hall–Kier alpha value is -1.06. The van der Waals surface area contributed by atoms with Gasteiger partial charge in [-0.2, -0.15) is 0 Å². The summed E-state index contributed by atoms with van der Waals surface area (Å²) in [6.45, 7) is 4.67. The van der Waals surface area contributed by atoms with Crippen LogP contribution in [-0.2, 0) is 12.8 Å². The molecule has 1 amide bonds. The normalized spacial score (nSPS) is 14.0. The van der Waals surface area contributed by atoms with E-state index in [0.717, 1.165) is 31.2 Å². The molecule has 0 saturated carbocycles. The minimum atomic E-state index is -0.288. The molecule has 118 valence electrons. The average molecular weight is 311 g/mol. The second kappa shape index (κ2) is 7.81. The van der Waals surface area contributed by atoms with Crippen molar-refractivity contribution in [3.05, 3.63) is 34.9 Å². The number of nitrogens with one attached hydrogen (secondary N) is 1. The highest BCUT2D eigenvalue weighted by atomic mass is 35.5. The third-order valence-corrected chi connectivity index (χ3v) is 4.62. The van der Waals surface area contributed by atoms with E-state index in [1.54, 1.807) is 0 Å². The molecule has 1 aliphatic carbocycles. The molecule has 0 spiro atoms. The van der Waals surface area contributed by atoms with Crippen molar-refractivity contribution in [2.75, 3.05) is 6.54 Å². The predicted molar refractivity (Wildman–Crippen MR) is 90.2 cm³/mol. The Bertz CT molecular complexity index is 484. The van der Waals surface area contributed by atoms with E-state index < -0.39 is 0 Å². The van der Waals surface area contributed by atoms with Crippen LogP contribution in [0, 0.1) is 0 Å². The van der Waals surface area contributed by atoms with Crippen LogP contribution in [0.1, 0.15) is 61.0 Å². The topological polar surface area (TPSA) is 55.1 Å². The third kappa shape index (κ3) is 4.45. The van der Waals surface area contributed by atoms with Crippen molar-refractivity contribution in [1.29, 1.82) is 0 Å². The lowest BCUT2D eigenvalue weighted by Crippen LogP contribution is -2.49. The van der Waals surface area contributed by atoms with E-state index in [9.17, 15) is 4.79 Å². The van der Waals surface area contributed by atoms with Crippen LogP contribution in [0.2, 0.25) is 0 Å². The van der Waals surface area contributed by atoms with E-state index in [-0.39, 0.29) is 23.9 Å². The van der Waals surface area contributed by atoms with Crippen molar-refractivity contribution >= 4 is 18.3 Å². The van der Waals surface area contributed by atoms with Gasteiger partial charge in [0.2, 0.25) is 0 Å². The maximum Gasteiger partial charge on any atom is 0.251 e. The SMILES string of the molecule is CCC(N)(CC)CNC(=O)c1ccc2c(c1)CCCC2.Cl. The monoisotopic (exact) mass is 310 g/mol. The fourth-order valence-electron chi connectivity index (χ4n) is 2.73. The highest BCUT2D eigenvalue weighted by Gasteiger charge is 2.21. The number of rotatable bonds is 5. The van der Waals surface area contributed by atoms with E-state index in [1.165, 1.54) is 24.0 Å². The minimum absolute atomic E-state index is 0. The molecular weight excluding hydrogens is 284 g/mol. The predicted octanol–water partition coefficient (Wildman–Crippen LogP) is 3.23. The lowest BCUT2D eigenvalue weighted by atomic mass is 9.90. The van der Waals surface area contributed by atoms with Crippen molar-refractivity contribution in [1.82, 2.24) is 5.32 Å². The Labute approximate surface area is 134 Å². The first kappa shape index (κ1) is 18.0. The van der Waals surface area contributed by atoms with E-state index in [2.05, 4.69) is 31.3 Å². The molecule has 0 unspecified atom stereocenters. The quantitative estimate of drug-likeness (QED) is 0.877. The largest absolute Gasteiger partial charge is 0.350 e. The molecule has 0 aromatic heterocycles. The molecule has 3 nitrogen and oxygen atoms in total. The maximum absolute atomic E-state index is 12.2. The molecule has 1 aromatic rings. The van der Waals surface area contributed by atoms with Gasteiger partial charge in [-0.15, -0.1) is 12.4 Å². The van der Waals surface area contributed by atoms with Crippen LogP contribution < -0.4 is 11.1 Å². The van der Waals surface area contributed by atoms with Crippen molar-refractivity contribution in [3.63, 3.8) is 0 Å². The van der Waals surface area contributed by atoms with Gasteiger partial charge >= 0.3 is 0 Å². The number of aryl methyl sites for hydroxylation is 2. The second-order valence-electron chi connectivity index (χ2n) is 5.94. The zero-order valence-electron chi connectivity index (χ0n) is 13.1. The van der Waals surface area contributed by atoms with Crippen LogP contribution in [-0.4, -0.2) is 18.0 Å². The van der Waals surface area contributed by atoms with Gasteiger partial charge in [0.1, 0.15) is 0 Å². The van der Waals surface area contributed by atoms with Gasteiger partial charge in [0.25, 0.3) is 5.91 Å². The van der Waals surface area contributed by atoms with Crippen molar-refractivity contribution in [2.24, 2.45) is 5.73 Å². The number of benzene rings is 1. The first-order valence-electron chi connectivity index (χ1n) is 7.77. The molecule has 0 saturated heterocycles. The molecule has 0 bridgehead atoms. The fraction of sp³-hybridized carbons (Fsp3) is 0.588. The van der Waals surface area contributed by atoms with Crippen molar-refractivity contribution in [2.45, 2.75) is 57.9 Å². The van der Waals surface area contributed by atoms with Gasteiger partial charge in [0, 0.05) is 17.6 Å². The number of hydrogen-bond donors (Lipinski definition) is 2. The Morgan fingerprint density at radius 3 is 2.43 bits per heavy atom. The first-order chi connectivity index (χ1) is 9.58. The van der Waals surface area contributed by atoms with Gasteiger partial charge < -0.3 is 11.1 Å². The first-order valence-corrected chi connectivity index (χ1v) is 7.77. The summed E-state index contributed by atoms with van der Waals surface area (Å²) in [4.78, 5) is 12.2. The smallest absolute Gasteiger partial charge is 0.251 e. The molecule has 1 aromatic carbocycles. The summed E-state index contributed by atoms with van der Waals surface area (Å²) in [5.74, 6) is -0.00454. The molecule has 0 fully saturated rings. The summed E-state index contributed by atoms with van der Waals surface area (Å²) in [6, 6.07) is 6.11. The molecule has 0 radical (unpaired) electrons. The Balaban J connectivity index is 0.00000220. The van der Waals surface area contributed by atoms with E-state index in [0.29, 0.717) is 6.54 Å². The Kier molecular flexibility index (Phi) is 6.69. The van der Waals surface area contributed by atoms with E-state index in [1.807, 2.05) is 6.07 Å². The van der Waals surface area contributed by atoms with Gasteiger partial charge in [-0.05, 0) is 61.8 Å². The zero-order chi connectivity index (χ0) is 14.6. The minimum Gasteiger partial charge on any atom is -0.350 e. The molecule has 0 atom stereocenters. The highest BCUT2D eigenvalue weighted by molar-refractivity contribution is 5.94. The van der Waals surface area contributed by atoms with Crippen molar-refractivity contribution in [3.8, 4) is 0 Å². The third-order valence-electron chi connectivity index (χ3n) is 4.62. The molecule has 0 aliphatic heterocycles. The van der Waals surface area contributed by atoms with Gasteiger partial charge in [-0.25, -0.2) is 0 Å². The molecule has 3 N–H and O–H groups in total. The van der Waals surface area contributed by atoms with Crippen LogP contribution in [0.4, 0.5) is 0 Å². The van der Waals surface area contributed by atoms with E-state index in [4.69, 9.17) is 5.73 Å². The van der Waals surface area contributed by atoms with Gasteiger partial charge in [0.15, 0.2) is 0 Å². The summed E-state index contributed by atoms with van der Waals surface area (Å²) in [7, 11) is 0. The van der Waals surface area contributed by atoms with Crippen molar-refractivity contribution < 1.29 is 4.79 Å². The van der Waals surface area contributed by atoms with Crippen LogP contribution in [0.3, 0.4) is 0 Å². The lowest BCUT2D eigenvalue weighted by Gasteiger charge is -2.27. The van der Waals surface area contributed by atoms with Crippen LogP contribution in [0.5, 0.6) is 0 Å². The Morgan fingerprint density at radius 2 is 1.81 bits per heavy atom. The number of carbonyl (C=O) groups is 1. The number of fused-ring (bicyclic) bond motifs is 1. The number of nitrogens with two attached hydrogens (primary N) is 1. The maximum atomic E-state index is 12.2. The standard InChI is InChI=1S/C17H26N2O.ClH/c1-3-17(18,4-2)12-19-16(20)15-10-9-13-7-5-6-8-14(13)11-15;/h9-11H,3-8,12,18H2,1-2H3,(H,19,20);1H. The van der Waals surface area contributed by atoms with Gasteiger partial charge in [-0.1, -0.05) is 19.9 Å². The van der Waals surface area contributed by atoms with Gasteiger partial charge in [-0.3, -0.25) is 4.79 Å². The molecular formula is C17H27ClN2O. The Morgan fingerprint density at radius 1 is 1.19 bits per heavy atom. The number of carbonyl (C=O) groups excluding carboxylic acids is 1. The molecule has 0 heterocycles. The fourth-order valence-corrected chi connectivity index (χ4v) is 2.73. The van der Waals surface area contributed by atoms with Crippen LogP contribution >= 0.6 is 12.4 Å². The summed E-state index contributed by atoms with van der Waals surface area (Å²) < 4.78 is 0. The van der Waals surface area contributed by atoms with Crippen LogP contribution in [0.15, 0.2) is 18.2 Å². The average Bonchev–Trinajstić information content (AvgIpc) is 2.51. The molecule has 4 heteroatoms. The number of halogens is 1. The van der Waals surface area contributed by atoms with Crippen LogP contribution in [0.25, 0.3) is 0 Å².